The van der Waals surface area contributed by atoms with Gasteiger partial charge in [-0.25, -0.2) is 8.42 Å². The number of amides is 11. The fourth-order valence-electron chi connectivity index (χ4n) is 11.4. The lowest BCUT2D eigenvalue weighted by atomic mass is 9.91. The van der Waals surface area contributed by atoms with Gasteiger partial charge in [0.1, 0.15) is 76.3 Å². The summed E-state index contributed by atoms with van der Waals surface area (Å²) in [5, 5.41) is 22.9. The summed E-state index contributed by atoms with van der Waals surface area (Å²) in [5.41, 5.74) is 0. The summed E-state index contributed by atoms with van der Waals surface area (Å²) in [6, 6.07) is -14.8. The minimum Gasteiger partial charge on any atom is -0.390 e. The topological polar surface area (TPSA) is 313 Å². The van der Waals surface area contributed by atoms with Crippen molar-refractivity contribution in [1.29, 1.82) is 0 Å². The predicted molar refractivity (Wildman–Crippen MR) is 342 cm³/mol. The fraction of sp³-hybridized carbons (Fsp3) is 0.794. The Kier molecular flexibility index (Phi) is 32.2. The molecule has 1 aliphatic rings. The molecule has 1 aliphatic heterocycles. The molecule has 5 N–H and O–H groups in total. The van der Waals surface area contributed by atoms with E-state index in [2.05, 4.69) is 21.3 Å². The van der Waals surface area contributed by atoms with E-state index in [1.807, 2.05) is 41.5 Å². The second-order valence-corrected chi connectivity index (χ2v) is 29.0. The second-order valence-electron chi connectivity index (χ2n) is 26.8. The average Bonchev–Trinajstić information content (AvgIpc) is 0.981. The Balaban J connectivity index is 4.46. The largest absolute Gasteiger partial charge is 0.390 e. The molecule has 25 nitrogen and oxygen atoms in total. The summed E-state index contributed by atoms with van der Waals surface area (Å²) in [6.45, 7) is 28.4. The molecule has 0 aromatic rings. The summed E-state index contributed by atoms with van der Waals surface area (Å²) in [5.74, 6) is -12.6. The lowest BCUT2D eigenvalue weighted by molar-refractivity contribution is -0.157. The van der Waals surface area contributed by atoms with Gasteiger partial charge in [0.05, 0.1) is 11.9 Å². The summed E-state index contributed by atoms with van der Waals surface area (Å²) in [4.78, 5) is 170. The molecule has 1 heterocycles. The fourth-order valence-corrected chi connectivity index (χ4v) is 12.5. The standard InChI is InChI=1S/C63H113N11O14S/c1-26-28-29-39(13)52(75)51-56(79)66-44(27-2)59(82)68(18)43(17)58(81)73(23)50(40(14)33-89(25,87)88)55(78)67-48(37(9)10)62(85)69(19)45(30-34(3)4)54(77)64-41(15)53(76)65-42(16)57(80)70(20)46(31-35(5)6)60(83)71(21)47(32-36(7)8)61(84)72(22)49(38(11)12)63(86)74(51)24/h26,28,34-52,75H,27,29-33H2,1-25H3,(H,64,77)(H,65,76)(H,66,79)(H,67,78)/b28-26+/t39-,40-,41+,42-,43-,44+,45+,46+,47+,48+,49+,50+,51+,52-/m1/s1. The zero-order valence-electron chi connectivity index (χ0n) is 58.2. The number of hydrogen-bond donors (Lipinski definition) is 5. The van der Waals surface area contributed by atoms with Gasteiger partial charge in [-0.3, -0.25) is 52.7 Å². The van der Waals surface area contributed by atoms with Gasteiger partial charge in [-0.1, -0.05) is 102 Å². The summed E-state index contributed by atoms with van der Waals surface area (Å²) < 4.78 is 25.7. The number of carbonyl (C=O) groups excluding carboxylic acids is 11. The highest BCUT2D eigenvalue weighted by atomic mass is 32.2. The van der Waals surface area contributed by atoms with Crippen LogP contribution in [0.25, 0.3) is 0 Å². The Bertz CT molecular complexity index is 2610. The van der Waals surface area contributed by atoms with E-state index in [0.717, 1.165) is 25.9 Å². The normalized spacial score (nSPS) is 27.6. The van der Waals surface area contributed by atoms with Gasteiger partial charge in [-0.15, -0.1) is 0 Å². The van der Waals surface area contributed by atoms with E-state index in [4.69, 9.17) is 0 Å². The highest BCUT2D eigenvalue weighted by Crippen LogP contribution is 2.26. The van der Waals surface area contributed by atoms with Gasteiger partial charge in [0.15, 0.2) is 0 Å². The van der Waals surface area contributed by atoms with Gasteiger partial charge < -0.3 is 60.7 Å². The SMILES string of the molecule is C/C=C/C[C@@H](C)[C@@H](O)[C@H]1C(=O)N[C@@H](CC)C(=O)N(C)[C@H](C)C(=O)N(C)[C@@H]([C@H](C)CS(C)(=O)=O)C(=O)N[C@@H](C(C)C)C(=O)N(C)[C@@H](CC(C)C)C(=O)N[C@@H](C)C(=O)N[C@H](C)C(=O)N(C)[C@@H](CC(C)C)C(=O)N(C)[C@@H](CC(C)C)C(=O)N(C)[C@@H](C(C)C)C(=O)N1C. The number of rotatable bonds is 16. The molecule has 11 amide bonds. The molecular formula is C63H113N11O14S. The van der Waals surface area contributed by atoms with Crippen molar-refractivity contribution in [1.82, 2.24) is 55.6 Å². The average molecular weight is 1280 g/mol. The van der Waals surface area contributed by atoms with Crippen LogP contribution in [0.5, 0.6) is 0 Å². The van der Waals surface area contributed by atoms with Crippen molar-refractivity contribution in [2.45, 2.75) is 222 Å². The first kappa shape index (κ1) is 80.8. The number of likely N-dealkylation sites (N-methyl/N-ethyl adjacent to an activating group) is 7. The van der Waals surface area contributed by atoms with Crippen LogP contribution in [0.3, 0.4) is 0 Å². The minimum absolute atomic E-state index is 0.0557. The molecule has 0 aromatic carbocycles. The number of allylic oxidation sites excluding steroid dienone is 2. The van der Waals surface area contributed by atoms with Gasteiger partial charge in [-0.2, -0.15) is 0 Å². The zero-order chi connectivity index (χ0) is 69.3. The molecule has 0 aromatic heterocycles. The van der Waals surface area contributed by atoms with Crippen molar-refractivity contribution in [3.05, 3.63) is 12.2 Å². The van der Waals surface area contributed by atoms with Crippen molar-refractivity contribution in [2.24, 2.45) is 41.4 Å². The zero-order valence-corrected chi connectivity index (χ0v) is 59.0. The minimum atomic E-state index is -3.81. The molecule has 0 spiro atoms. The smallest absolute Gasteiger partial charge is 0.246 e. The van der Waals surface area contributed by atoms with Gasteiger partial charge in [0.2, 0.25) is 65.0 Å². The van der Waals surface area contributed by atoms with Crippen molar-refractivity contribution < 1.29 is 66.3 Å². The lowest BCUT2D eigenvalue weighted by Gasteiger charge is -2.41. The number of aliphatic hydroxyl groups is 1. The molecule has 0 bridgehead atoms. The molecule has 510 valence electrons. The van der Waals surface area contributed by atoms with Gasteiger partial charge in [0, 0.05) is 55.6 Å². The first-order valence-electron chi connectivity index (χ1n) is 31.4. The monoisotopic (exact) mass is 1280 g/mol. The third kappa shape index (κ3) is 22.3. The highest BCUT2D eigenvalue weighted by molar-refractivity contribution is 7.90. The molecule has 1 rings (SSSR count). The van der Waals surface area contributed by atoms with E-state index < -0.39 is 177 Å². The van der Waals surface area contributed by atoms with Crippen LogP contribution in [-0.4, -0.2) is 247 Å². The molecule has 26 heteroatoms. The molecule has 89 heavy (non-hydrogen) atoms. The van der Waals surface area contributed by atoms with Crippen molar-refractivity contribution in [3.63, 3.8) is 0 Å². The Morgan fingerprint density at radius 3 is 1.35 bits per heavy atom. The van der Waals surface area contributed by atoms with Gasteiger partial charge >= 0.3 is 0 Å². The van der Waals surface area contributed by atoms with Crippen LogP contribution >= 0.6 is 0 Å². The maximum atomic E-state index is 15.2. The second kappa shape index (κ2) is 35.4. The predicted octanol–water partition coefficient (Wildman–Crippen LogP) is 2.29. The van der Waals surface area contributed by atoms with Gasteiger partial charge in [0.25, 0.3) is 0 Å². The molecular weight excluding hydrogens is 1170 g/mol. The number of nitrogens with zero attached hydrogens (tertiary/aromatic N) is 7. The van der Waals surface area contributed by atoms with Crippen LogP contribution in [0.2, 0.25) is 0 Å². The van der Waals surface area contributed by atoms with E-state index in [-0.39, 0.29) is 49.9 Å². The van der Waals surface area contributed by atoms with E-state index in [0.29, 0.717) is 0 Å². The molecule has 0 radical (unpaired) electrons. The van der Waals surface area contributed by atoms with Crippen LogP contribution in [0.15, 0.2) is 12.2 Å². The Labute approximate surface area is 531 Å². The van der Waals surface area contributed by atoms with Crippen LogP contribution in [-0.2, 0) is 62.6 Å². The summed E-state index contributed by atoms with van der Waals surface area (Å²) >= 11 is 0. The first-order chi connectivity index (χ1) is 40.8. The number of sulfone groups is 1. The Morgan fingerprint density at radius 1 is 0.472 bits per heavy atom. The maximum absolute atomic E-state index is 15.2. The van der Waals surface area contributed by atoms with Gasteiger partial charge in [-0.05, 0) is 101 Å². The molecule has 0 saturated carbocycles. The quantitative estimate of drug-likeness (QED) is 0.139. The molecule has 1 fully saturated rings. The summed E-state index contributed by atoms with van der Waals surface area (Å²) in [7, 11) is 5.71. The number of hydrogen-bond acceptors (Lipinski definition) is 14. The Hall–Kier alpha value is -6.18. The maximum Gasteiger partial charge on any atom is 0.246 e. The van der Waals surface area contributed by atoms with E-state index in [1.54, 1.807) is 60.6 Å². The van der Waals surface area contributed by atoms with Crippen LogP contribution in [0.1, 0.15) is 150 Å². The van der Waals surface area contributed by atoms with E-state index in [9.17, 15) is 56.7 Å². The number of carbonyl (C=O) groups is 11. The summed E-state index contributed by atoms with van der Waals surface area (Å²) in [6.07, 6.45) is 3.51. The number of nitrogens with one attached hydrogen (secondary N) is 4. The van der Waals surface area contributed by atoms with Crippen LogP contribution in [0.4, 0.5) is 0 Å². The van der Waals surface area contributed by atoms with Crippen molar-refractivity contribution >= 4 is 74.8 Å². The molecule has 0 aliphatic carbocycles. The third-order valence-electron chi connectivity index (χ3n) is 16.9. The highest BCUT2D eigenvalue weighted by Gasteiger charge is 2.46. The van der Waals surface area contributed by atoms with E-state index >= 15 is 9.59 Å². The molecule has 0 unspecified atom stereocenters. The van der Waals surface area contributed by atoms with Crippen LogP contribution in [0, 0.1) is 41.4 Å². The van der Waals surface area contributed by atoms with Crippen molar-refractivity contribution in [3.8, 4) is 0 Å². The molecule has 1 saturated heterocycles. The lowest BCUT2D eigenvalue weighted by Crippen LogP contribution is -2.64. The van der Waals surface area contributed by atoms with Crippen LogP contribution < -0.4 is 21.3 Å². The third-order valence-corrected chi connectivity index (χ3v) is 18.0. The first-order valence-corrected chi connectivity index (χ1v) is 33.5. The van der Waals surface area contributed by atoms with Crippen molar-refractivity contribution in [2.75, 3.05) is 61.3 Å². The Morgan fingerprint density at radius 2 is 0.899 bits per heavy atom. The van der Waals surface area contributed by atoms with E-state index in [1.165, 1.54) is 91.7 Å². The number of aliphatic hydroxyl groups excluding tert-OH is 1. The molecule has 14 atom stereocenters.